The van der Waals surface area contributed by atoms with Gasteiger partial charge in [0.15, 0.2) is 0 Å². The van der Waals surface area contributed by atoms with E-state index >= 15 is 0 Å². The maximum absolute atomic E-state index is 5.28. The summed E-state index contributed by atoms with van der Waals surface area (Å²) in [7, 11) is 1.47. The molecule has 0 fully saturated rings. The normalized spacial score (nSPS) is 10.4. The number of rotatable bonds is 3. The van der Waals surface area contributed by atoms with Gasteiger partial charge in [0.2, 0.25) is 5.95 Å². The van der Waals surface area contributed by atoms with Gasteiger partial charge in [-0.15, -0.1) is 0 Å². The van der Waals surface area contributed by atoms with E-state index in [1.165, 1.54) is 7.11 Å². The van der Waals surface area contributed by atoms with Crippen LogP contribution in [-0.2, 0) is 0 Å². The van der Waals surface area contributed by atoms with E-state index in [1.54, 1.807) is 4.68 Å². The van der Waals surface area contributed by atoms with Crippen molar-refractivity contribution in [3.63, 3.8) is 0 Å². The molecule has 8 nitrogen and oxygen atoms in total. The van der Waals surface area contributed by atoms with Crippen molar-refractivity contribution in [3.05, 3.63) is 17.5 Å². The highest BCUT2D eigenvalue weighted by Crippen LogP contribution is 2.12. The van der Waals surface area contributed by atoms with Gasteiger partial charge in [-0.3, -0.25) is 5.43 Å². The van der Waals surface area contributed by atoms with Crippen LogP contribution in [-0.4, -0.2) is 31.8 Å². The van der Waals surface area contributed by atoms with E-state index in [9.17, 15) is 0 Å². The first kappa shape index (κ1) is 11.3. The molecule has 0 saturated carbocycles. The van der Waals surface area contributed by atoms with E-state index in [1.807, 2.05) is 19.9 Å². The van der Waals surface area contributed by atoms with E-state index in [4.69, 9.17) is 10.6 Å². The second-order valence-corrected chi connectivity index (χ2v) is 3.43. The second kappa shape index (κ2) is 4.34. The van der Waals surface area contributed by atoms with Crippen LogP contribution in [0.15, 0.2) is 6.07 Å². The van der Waals surface area contributed by atoms with Crippen molar-refractivity contribution in [1.29, 1.82) is 0 Å². The van der Waals surface area contributed by atoms with Crippen LogP contribution >= 0.6 is 0 Å². The largest absolute Gasteiger partial charge is 0.467 e. The monoisotopic (exact) mass is 235 g/mol. The molecule has 2 aromatic rings. The van der Waals surface area contributed by atoms with Gasteiger partial charge in [0.25, 0.3) is 5.95 Å². The van der Waals surface area contributed by atoms with E-state index < -0.39 is 0 Å². The van der Waals surface area contributed by atoms with Gasteiger partial charge < -0.3 is 4.74 Å². The lowest BCUT2D eigenvalue weighted by Gasteiger charge is -2.06. The fourth-order valence-corrected chi connectivity index (χ4v) is 1.43. The fraction of sp³-hybridized carbons (Fsp3) is 0.333. The molecular weight excluding hydrogens is 222 g/mol. The minimum atomic E-state index is 0.176. The van der Waals surface area contributed by atoms with Crippen molar-refractivity contribution in [1.82, 2.24) is 24.7 Å². The third kappa shape index (κ3) is 2.16. The first-order valence-electron chi connectivity index (χ1n) is 4.94. The molecule has 3 N–H and O–H groups in total. The zero-order valence-corrected chi connectivity index (χ0v) is 9.80. The molecule has 0 radical (unpaired) electrons. The van der Waals surface area contributed by atoms with E-state index in [0.717, 1.165) is 11.4 Å². The lowest BCUT2D eigenvalue weighted by Crippen LogP contribution is -2.15. The molecule has 2 aromatic heterocycles. The lowest BCUT2D eigenvalue weighted by molar-refractivity contribution is 0.377. The van der Waals surface area contributed by atoms with Crippen molar-refractivity contribution in [2.24, 2.45) is 5.84 Å². The number of anilines is 1. The number of nitrogens with two attached hydrogens (primary N) is 1. The first-order valence-corrected chi connectivity index (χ1v) is 4.94. The standard InChI is InChI=1S/C9H13N7O/c1-5-4-6(2)16(15-5)8-11-7(14-10)12-9(13-8)17-3/h4H,10H2,1-3H3,(H,11,12,13,14). The van der Waals surface area contributed by atoms with Crippen LogP contribution in [0.4, 0.5) is 5.95 Å². The molecule has 0 aromatic carbocycles. The quantitative estimate of drug-likeness (QED) is 0.568. The summed E-state index contributed by atoms with van der Waals surface area (Å²) in [6.07, 6.45) is 0. The summed E-state index contributed by atoms with van der Waals surface area (Å²) in [5.41, 5.74) is 4.15. The number of ether oxygens (including phenoxy) is 1. The Morgan fingerprint density at radius 2 is 2.06 bits per heavy atom. The predicted octanol–water partition coefficient (Wildman–Crippen LogP) is -0.0317. The topological polar surface area (TPSA) is 104 Å². The Labute approximate surface area is 97.8 Å². The van der Waals surface area contributed by atoms with Crippen LogP contribution in [0.25, 0.3) is 5.95 Å². The molecule has 0 amide bonds. The number of nitrogen functional groups attached to an aromatic ring is 1. The number of methoxy groups -OCH3 is 1. The summed E-state index contributed by atoms with van der Waals surface area (Å²) in [5.74, 6) is 5.85. The molecule has 0 bridgehead atoms. The molecule has 8 heteroatoms. The van der Waals surface area contributed by atoms with E-state index in [-0.39, 0.29) is 12.0 Å². The Balaban J connectivity index is 2.54. The fourth-order valence-electron chi connectivity index (χ4n) is 1.43. The highest BCUT2D eigenvalue weighted by Gasteiger charge is 2.11. The Kier molecular flexibility index (Phi) is 2.88. The number of hydrogen-bond acceptors (Lipinski definition) is 7. The van der Waals surface area contributed by atoms with Gasteiger partial charge >= 0.3 is 6.01 Å². The maximum Gasteiger partial charge on any atom is 0.322 e. The van der Waals surface area contributed by atoms with Gasteiger partial charge in [-0.2, -0.15) is 20.1 Å². The van der Waals surface area contributed by atoms with E-state index in [0.29, 0.717) is 5.95 Å². The molecule has 0 unspecified atom stereocenters. The highest BCUT2D eigenvalue weighted by atomic mass is 16.5. The average Bonchev–Trinajstić information content (AvgIpc) is 2.67. The molecule has 90 valence electrons. The molecule has 0 aliphatic rings. The Bertz CT molecular complexity index is 514. The SMILES string of the molecule is COc1nc(NN)nc(-n2nc(C)cc2C)n1. The highest BCUT2D eigenvalue weighted by molar-refractivity contribution is 5.29. The van der Waals surface area contributed by atoms with Gasteiger partial charge in [-0.25, -0.2) is 10.5 Å². The van der Waals surface area contributed by atoms with Crippen LogP contribution in [0, 0.1) is 13.8 Å². The van der Waals surface area contributed by atoms with Crippen molar-refractivity contribution >= 4 is 5.95 Å². The molecule has 0 aliphatic heterocycles. The minimum absolute atomic E-state index is 0.176. The predicted molar refractivity (Wildman–Crippen MR) is 60.8 cm³/mol. The average molecular weight is 235 g/mol. The summed E-state index contributed by atoms with van der Waals surface area (Å²) < 4.78 is 6.56. The second-order valence-electron chi connectivity index (χ2n) is 3.43. The van der Waals surface area contributed by atoms with Crippen LogP contribution in [0.1, 0.15) is 11.4 Å². The molecule has 2 heterocycles. The number of nitrogens with zero attached hydrogens (tertiary/aromatic N) is 5. The van der Waals surface area contributed by atoms with Crippen LogP contribution in [0.3, 0.4) is 0 Å². The van der Waals surface area contributed by atoms with Gasteiger partial charge in [0, 0.05) is 5.69 Å². The summed E-state index contributed by atoms with van der Waals surface area (Å²) in [4.78, 5) is 12.1. The van der Waals surface area contributed by atoms with Gasteiger partial charge in [-0.05, 0) is 19.9 Å². The number of aryl methyl sites for hydroxylation is 2. The van der Waals surface area contributed by atoms with Gasteiger partial charge in [-0.1, -0.05) is 0 Å². The Morgan fingerprint density at radius 3 is 2.59 bits per heavy atom. The number of hydrazine groups is 1. The molecule has 2 rings (SSSR count). The summed E-state index contributed by atoms with van der Waals surface area (Å²) >= 11 is 0. The van der Waals surface area contributed by atoms with Crippen LogP contribution < -0.4 is 16.0 Å². The van der Waals surface area contributed by atoms with Gasteiger partial charge in [0.1, 0.15) is 0 Å². The summed E-state index contributed by atoms with van der Waals surface area (Å²) in [6, 6.07) is 2.10. The maximum atomic E-state index is 5.28. The zero-order valence-electron chi connectivity index (χ0n) is 9.80. The zero-order chi connectivity index (χ0) is 12.4. The summed E-state index contributed by atoms with van der Waals surface area (Å²) in [5, 5.41) is 4.27. The molecule has 0 atom stereocenters. The smallest absolute Gasteiger partial charge is 0.322 e. The van der Waals surface area contributed by atoms with Crippen molar-refractivity contribution in [2.75, 3.05) is 12.5 Å². The number of aromatic nitrogens is 5. The van der Waals surface area contributed by atoms with Crippen LogP contribution in [0.5, 0.6) is 6.01 Å². The molecule has 0 aliphatic carbocycles. The van der Waals surface area contributed by atoms with Crippen LogP contribution in [0.2, 0.25) is 0 Å². The number of hydrogen-bond donors (Lipinski definition) is 2. The Morgan fingerprint density at radius 1 is 1.29 bits per heavy atom. The molecule has 0 spiro atoms. The van der Waals surface area contributed by atoms with Crippen molar-refractivity contribution < 1.29 is 4.74 Å². The lowest BCUT2D eigenvalue weighted by atomic mass is 10.4. The molecule has 17 heavy (non-hydrogen) atoms. The third-order valence-corrected chi connectivity index (χ3v) is 2.11. The Hall–Kier alpha value is -2.22. The summed E-state index contributed by atoms with van der Waals surface area (Å²) in [6.45, 7) is 3.80. The number of nitrogens with one attached hydrogen (secondary N) is 1. The third-order valence-electron chi connectivity index (χ3n) is 2.11. The molecular formula is C9H13N7O. The van der Waals surface area contributed by atoms with Crippen molar-refractivity contribution in [2.45, 2.75) is 13.8 Å². The first-order chi connectivity index (χ1) is 8.13. The minimum Gasteiger partial charge on any atom is -0.467 e. The van der Waals surface area contributed by atoms with E-state index in [2.05, 4.69) is 25.5 Å². The molecule has 0 saturated heterocycles. The van der Waals surface area contributed by atoms with Gasteiger partial charge in [0.05, 0.1) is 12.8 Å². The van der Waals surface area contributed by atoms with Crippen molar-refractivity contribution in [3.8, 4) is 12.0 Å².